The summed E-state index contributed by atoms with van der Waals surface area (Å²) in [6, 6.07) is 5.37. The normalized spacial score (nSPS) is 11.0. The molecule has 0 fully saturated rings. The fraction of sp³-hybridized carbons (Fsp3) is 0.412. The molecule has 0 radical (unpaired) electrons. The van der Waals surface area contributed by atoms with Crippen LogP contribution in [0.15, 0.2) is 23.4 Å². The smallest absolute Gasteiger partial charge is 0.299 e. The number of amides is 1. The van der Waals surface area contributed by atoms with Crippen LogP contribution in [0.25, 0.3) is 0 Å². The van der Waals surface area contributed by atoms with E-state index in [4.69, 9.17) is 17.1 Å². The third kappa shape index (κ3) is 7.15. The fourth-order valence-corrected chi connectivity index (χ4v) is 1.98. The Morgan fingerprint density at radius 3 is 2.61 bits per heavy atom. The van der Waals surface area contributed by atoms with Crippen LogP contribution in [0.5, 0.6) is 0 Å². The number of benzene rings is 1. The molecular formula is C17H22N2O3S. The Hall–Kier alpha value is -2.08. The Morgan fingerprint density at radius 1 is 1.30 bits per heavy atom. The van der Waals surface area contributed by atoms with Crippen LogP contribution in [0.2, 0.25) is 0 Å². The molecule has 0 heterocycles. The maximum atomic E-state index is 11.9. The number of Topliss-reactive ketones (excluding diaryl/α,β-unsaturated/α-hetero) is 1. The second-order valence-corrected chi connectivity index (χ2v) is 6.12. The highest BCUT2D eigenvalue weighted by molar-refractivity contribution is 7.80. The average Bonchev–Trinajstić information content (AvgIpc) is 2.47. The van der Waals surface area contributed by atoms with Gasteiger partial charge in [-0.15, -0.1) is 0 Å². The van der Waals surface area contributed by atoms with Crippen LogP contribution in [0.1, 0.15) is 44.7 Å². The highest BCUT2D eigenvalue weighted by atomic mass is 32.1. The molecule has 0 unspecified atom stereocenters. The van der Waals surface area contributed by atoms with Gasteiger partial charge in [0, 0.05) is 18.5 Å². The van der Waals surface area contributed by atoms with Gasteiger partial charge in [-0.3, -0.25) is 14.9 Å². The number of carbonyl (C=O) groups excluding carboxylic acids is 2. The molecule has 0 saturated carbocycles. The molecule has 0 bridgehead atoms. The number of nitrogens with one attached hydrogen (secondary N) is 1. The number of anilines is 1. The summed E-state index contributed by atoms with van der Waals surface area (Å²) < 4.78 is 0. The average molecular weight is 334 g/mol. The maximum absolute atomic E-state index is 11.9. The first-order valence-corrected chi connectivity index (χ1v) is 7.84. The molecule has 1 amide bonds. The molecule has 23 heavy (non-hydrogen) atoms. The number of oxime groups is 1. The molecule has 0 saturated heterocycles. The Balaban J connectivity index is 2.75. The molecule has 124 valence electrons. The van der Waals surface area contributed by atoms with Gasteiger partial charge >= 0.3 is 6.09 Å². The van der Waals surface area contributed by atoms with Crippen LogP contribution in [0, 0.1) is 6.92 Å². The number of rotatable bonds is 7. The number of thiocarbonyl (C=S) groups is 1. The van der Waals surface area contributed by atoms with Crippen molar-refractivity contribution >= 4 is 40.4 Å². The lowest BCUT2D eigenvalue weighted by atomic mass is 10.0. The number of ketones is 1. The summed E-state index contributed by atoms with van der Waals surface area (Å²) in [5.41, 5.74) is 3.13. The Bertz CT molecular complexity index is 639. The van der Waals surface area contributed by atoms with Crippen molar-refractivity contribution in [1.29, 1.82) is 0 Å². The van der Waals surface area contributed by atoms with E-state index in [1.54, 1.807) is 26.0 Å². The first kappa shape index (κ1) is 19.0. The second-order valence-electron chi connectivity index (χ2n) is 5.42. The van der Waals surface area contributed by atoms with Crippen LogP contribution in [0.3, 0.4) is 0 Å². The number of hydrogen-bond acceptors (Lipinski definition) is 5. The Morgan fingerprint density at radius 2 is 2.00 bits per heavy atom. The van der Waals surface area contributed by atoms with Gasteiger partial charge in [-0.2, -0.15) is 0 Å². The summed E-state index contributed by atoms with van der Waals surface area (Å²) in [4.78, 5) is 29.0. The summed E-state index contributed by atoms with van der Waals surface area (Å²) in [6.45, 7) is 7.38. The van der Waals surface area contributed by atoms with E-state index < -0.39 is 6.09 Å². The molecule has 1 rings (SSSR count). The molecule has 0 aliphatic carbocycles. The van der Waals surface area contributed by atoms with Crippen LogP contribution in [0.4, 0.5) is 10.5 Å². The van der Waals surface area contributed by atoms with E-state index in [2.05, 4.69) is 10.5 Å². The minimum atomic E-state index is -0.659. The number of hydrogen-bond donors (Lipinski definition) is 1. The van der Waals surface area contributed by atoms with Crippen LogP contribution < -0.4 is 5.32 Å². The van der Waals surface area contributed by atoms with E-state index in [-0.39, 0.29) is 12.2 Å². The van der Waals surface area contributed by atoms with Gasteiger partial charge < -0.3 is 0 Å². The highest BCUT2D eigenvalue weighted by Gasteiger charge is 2.10. The van der Waals surface area contributed by atoms with Crippen molar-refractivity contribution in [2.75, 3.05) is 5.32 Å². The minimum Gasteiger partial charge on any atom is -0.299 e. The summed E-state index contributed by atoms with van der Waals surface area (Å²) in [7, 11) is 0. The summed E-state index contributed by atoms with van der Waals surface area (Å²) in [5.74, 6) is 0.0588. The van der Waals surface area contributed by atoms with E-state index >= 15 is 0 Å². The Labute approximate surface area is 142 Å². The lowest BCUT2D eigenvalue weighted by Crippen LogP contribution is -2.13. The molecule has 0 aromatic heterocycles. The third-order valence-electron chi connectivity index (χ3n) is 3.23. The highest BCUT2D eigenvalue weighted by Crippen LogP contribution is 2.17. The number of aryl methyl sites for hydroxylation is 1. The van der Waals surface area contributed by atoms with Gasteiger partial charge in [0.2, 0.25) is 0 Å². The number of carbonyl (C=O) groups is 2. The zero-order chi connectivity index (χ0) is 17.4. The molecule has 6 heteroatoms. The van der Waals surface area contributed by atoms with Crippen LogP contribution in [-0.2, 0) is 16.1 Å². The second kappa shape index (κ2) is 9.15. The maximum Gasteiger partial charge on any atom is 0.437 e. The van der Waals surface area contributed by atoms with Crippen LogP contribution in [-0.4, -0.2) is 22.5 Å². The van der Waals surface area contributed by atoms with E-state index in [0.717, 1.165) is 16.8 Å². The minimum absolute atomic E-state index is 0.0588. The Kier molecular flexibility index (Phi) is 7.54. The van der Waals surface area contributed by atoms with E-state index in [9.17, 15) is 9.59 Å². The monoisotopic (exact) mass is 334 g/mol. The molecule has 0 atom stereocenters. The van der Waals surface area contributed by atoms with E-state index in [0.29, 0.717) is 23.4 Å². The lowest BCUT2D eigenvalue weighted by molar-refractivity contribution is -0.117. The van der Waals surface area contributed by atoms with Crippen molar-refractivity contribution in [1.82, 2.24) is 0 Å². The largest absolute Gasteiger partial charge is 0.437 e. The molecule has 5 nitrogen and oxygen atoms in total. The fourth-order valence-electron chi connectivity index (χ4n) is 1.82. The predicted octanol–water partition coefficient (Wildman–Crippen LogP) is 4.22. The predicted molar refractivity (Wildman–Crippen MR) is 96.3 cm³/mol. The summed E-state index contributed by atoms with van der Waals surface area (Å²) >= 11 is 4.96. The molecule has 1 aromatic carbocycles. The number of nitrogens with zero attached hydrogens (tertiary/aromatic N) is 1. The van der Waals surface area contributed by atoms with Gasteiger partial charge in [0.25, 0.3) is 0 Å². The van der Waals surface area contributed by atoms with Gasteiger partial charge in [-0.25, -0.2) is 4.79 Å². The standard InChI is InChI=1S/C17H22N2O3S/c1-5-12(3)19-22-17(21)18-15-7-6-11(2)14(9-15)10-16(20)8-13(4)23/h6-7,9H,5,8,10H2,1-4H3,(H,18,21)/b19-12-. The van der Waals surface area contributed by atoms with Crippen molar-refractivity contribution in [2.45, 2.75) is 47.0 Å². The molecule has 0 spiro atoms. The van der Waals surface area contributed by atoms with Gasteiger partial charge in [0.15, 0.2) is 0 Å². The molecule has 1 N–H and O–H groups in total. The lowest BCUT2D eigenvalue weighted by Gasteiger charge is -2.09. The van der Waals surface area contributed by atoms with E-state index in [1.807, 2.05) is 19.9 Å². The van der Waals surface area contributed by atoms with Gasteiger partial charge in [-0.05, 0) is 55.3 Å². The zero-order valence-corrected chi connectivity index (χ0v) is 14.8. The molecule has 0 aliphatic rings. The topological polar surface area (TPSA) is 67.8 Å². The molecule has 0 aliphatic heterocycles. The van der Waals surface area contributed by atoms with E-state index in [1.165, 1.54) is 0 Å². The molecular weight excluding hydrogens is 312 g/mol. The summed E-state index contributed by atoms with van der Waals surface area (Å²) in [6.07, 6.45) is 0.633. The van der Waals surface area contributed by atoms with Gasteiger partial charge in [0.1, 0.15) is 5.78 Å². The first-order chi connectivity index (χ1) is 10.8. The SMILES string of the molecule is CC/C(C)=N\OC(=O)Nc1ccc(C)c(CC(=O)CC(C)=S)c1. The third-order valence-corrected chi connectivity index (χ3v) is 3.37. The summed E-state index contributed by atoms with van der Waals surface area (Å²) in [5, 5.41) is 6.29. The molecule has 1 aromatic rings. The quantitative estimate of drug-likeness (QED) is 0.351. The van der Waals surface area contributed by atoms with Crippen molar-refractivity contribution in [3.63, 3.8) is 0 Å². The first-order valence-electron chi connectivity index (χ1n) is 7.44. The van der Waals surface area contributed by atoms with Crippen molar-refractivity contribution in [3.8, 4) is 0 Å². The van der Waals surface area contributed by atoms with Gasteiger partial charge in [0.05, 0.1) is 5.71 Å². The van der Waals surface area contributed by atoms with Crippen molar-refractivity contribution < 1.29 is 14.4 Å². The zero-order valence-electron chi connectivity index (χ0n) is 13.9. The van der Waals surface area contributed by atoms with Crippen molar-refractivity contribution in [3.05, 3.63) is 29.3 Å². The van der Waals surface area contributed by atoms with Gasteiger partial charge in [-0.1, -0.05) is 30.4 Å². The van der Waals surface area contributed by atoms with Crippen LogP contribution >= 0.6 is 12.2 Å². The van der Waals surface area contributed by atoms with Crippen molar-refractivity contribution in [2.24, 2.45) is 5.16 Å².